The van der Waals surface area contributed by atoms with Gasteiger partial charge >= 0.3 is 0 Å². The van der Waals surface area contributed by atoms with E-state index in [9.17, 15) is 4.79 Å². The van der Waals surface area contributed by atoms with Gasteiger partial charge < -0.3 is 10.6 Å². The van der Waals surface area contributed by atoms with Crippen LogP contribution in [0.1, 0.15) is 27.0 Å². The predicted molar refractivity (Wildman–Crippen MR) is 93.4 cm³/mol. The number of aryl methyl sites for hydroxylation is 2. The van der Waals surface area contributed by atoms with Crippen molar-refractivity contribution in [3.8, 4) is 0 Å². The highest BCUT2D eigenvalue weighted by Crippen LogP contribution is 2.13. The molecule has 0 atom stereocenters. The van der Waals surface area contributed by atoms with E-state index in [-0.39, 0.29) is 18.3 Å². The van der Waals surface area contributed by atoms with E-state index in [1.54, 1.807) is 0 Å². The fourth-order valence-electron chi connectivity index (χ4n) is 2.49. The Bertz CT molecular complexity index is 593. The van der Waals surface area contributed by atoms with Crippen LogP contribution in [0, 0.1) is 13.8 Å². The van der Waals surface area contributed by atoms with Crippen molar-refractivity contribution >= 4 is 18.3 Å². The van der Waals surface area contributed by atoms with Gasteiger partial charge in [0.25, 0.3) is 5.91 Å². The zero-order chi connectivity index (χ0) is 15.2. The highest BCUT2D eigenvalue weighted by atomic mass is 35.5. The van der Waals surface area contributed by atoms with Crippen molar-refractivity contribution in [2.75, 3.05) is 13.1 Å². The van der Waals surface area contributed by atoms with Crippen LogP contribution in [0.2, 0.25) is 0 Å². The van der Waals surface area contributed by atoms with Crippen LogP contribution in [0.3, 0.4) is 0 Å². The summed E-state index contributed by atoms with van der Waals surface area (Å²) in [6, 6.07) is 15.9. The van der Waals surface area contributed by atoms with Gasteiger partial charge in [-0.3, -0.25) is 4.79 Å². The molecular formula is C18H23ClN2O. The second kappa shape index (κ2) is 8.57. The Morgan fingerprint density at radius 2 is 1.64 bits per heavy atom. The Balaban J connectivity index is 0.00000242. The zero-order valence-electron chi connectivity index (χ0n) is 13.1. The van der Waals surface area contributed by atoms with E-state index >= 15 is 0 Å². The molecule has 0 saturated carbocycles. The maximum absolute atomic E-state index is 12.7. The highest BCUT2D eigenvalue weighted by Gasteiger charge is 2.16. The number of carbonyl (C=O) groups excluding carboxylic acids is 1. The molecule has 0 fully saturated rings. The van der Waals surface area contributed by atoms with Crippen molar-refractivity contribution in [3.63, 3.8) is 0 Å². The molecule has 0 bridgehead atoms. The van der Waals surface area contributed by atoms with E-state index < -0.39 is 0 Å². The lowest BCUT2D eigenvalue weighted by molar-refractivity contribution is 0.0748. The molecule has 118 valence electrons. The minimum atomic E-state index is 0. The van der Waals surface area contributed by atoms with Gasteiger partial charge in [-0.2, -0.15) is 0 Å². The summed E-state index contributed by atoms with van der Waals surface area (Å²) in [5.41, 5.74) is 9.72. The van der Waals surface area contributed by atoms with Crippen LogP contribution in [-0.2, 0) is 6.54 Å². The van der Waals surface area contributed by atoms with Gasteiger partial charge in [0.05, 0.1) is 0 Å². The maximum atomic E-state index is 12.7. The van der Waals surface area contributed by atoms with Crippen molar-refractivity contribution in [2.45, 2.75) is 20.4 Å². The van der Waals surface area contributed by atoms with E-state index in [0.29, 0.717) is 19.6 Å². The molecule has 0 heterocycles. The number of carbonyl (C=O) groups is 1. The average molecular weight is 319 g/mol. The molecule has 0 radical (unpaired) electrons. The first kappa shape index (κ1) is 18.2. The Kier molecular flexibility index (Phi) is 7.09. The number of hydrogen-bond donors (Lipinski definition) is 1. The lowest BCUT2D eigenvalue weighted by Gasteiger charge is -2.22. The number of hydrogen-bond acceptors (Lipinski definition) is 2. The fraction of sp³-hybridized carbons (Fsp3) is 0.278. The summed E-state index contributed by atoms with van der Waals surface area (Å²) in [7, 11) is 0. The fourth-order valence-corrected chi connectivity index (χ4v) is 2.49. The number of halogens is 1. The smallest absolute Gasteiger partial charge is 0.254 e. The summed E-state index contributed by atoms with van der Waals surface area (Å²) in [6.45, 7) is 5.62. The van der Waals surface area contributed by atoms with Gasteiger partial charge in [0.15, 0.2) is 0 Å². The molecule has 2 aromatic carbocycles. The summed E-state index contributed by atoms with van der Waals surface area (Å²) in [5, 5.41) is 0. The molecule has 2 N–H and O–H groups in total. The summed E-state index contributed by atoms with van der Waals surface area (Å²) >= 11 is 0. The second-order valence-corrected chi connectivity index (χ2v) is 5.38. The van der Waals surface area contributed by atoms with Crippen LogP contribution < -0.4 is 5.73 Å². The lowest BCUT2D eigenvalue weighted by atomic mass is 10.1. The number of nitrogens with zero attached hydrogens (tertiary/aromatic N) is 1. The Morgan fingerprint density at radius 3 is 2.18 bits per heavy atom. The molecule has 0 unspecified atom stereocenters. The van der Waals surface area contributed by atoms with Crippen LogP contribution in [0.4, 0.5) is 0 Å². The first-order valence-corrected chi connectivity index (χ1v) is 7.21. The molecule has 0 aromatic heterocycles. The van der Waals surface area contributed by atoms with E-state index in [4.69, 9.17) is 5.73 Å². The standard InChI is InChI=1S/C18H22N2O.ClH/c1-14-10-15(2)12-17(11-14)18(21)20(9-8-19)13-16-6-4-3-5-7-16;/h3-7,10-12H,8-9,13,19H2,1-2H3;1H. The molecule has 2 aromatic rings. The topological polar surface area (TPSA) is 46.3 Å². The first-order chi connectivity index (χ1) is 10.1. The third kappa shape index (κ3) is 4.86. The summed E-state index contributed by atoms with van der Waals surface area (Å²) in [4.78, 5) is 14.5. The first-order valence-electron chi connectivity index (χ1n) is 7.21. The van der Waals surface area contributed by atoms with Gasteiger partial charge in [0.1, 0.15) is 0 Å². The Morgan fingerprint density at radius 1 is 1.05 bits per heavy atom. The molecule has 3 nitrogen and oxygen atoms in total. The van der Waals surface area contributed by atoms with Crippen LogP contribution in [-0.4, -0.2) is 23.9 Å². The molecule has 0 aliphatic rings. The average Bonchev–Trinajstić information content (AvgIpc) is 2.46. The SMILES string of the molecule is Cc1cc(C)cc(C(=O)N(CCN)Cc2ccccc2)c1.Cl. The molecule has 0 aliphatic carbocycles. The number of nitrogens with two attached hydrogens (primary N) is 1. The molecular weight excluding hydrogens is 296 g/mol. The van der Waals surface area contributed by atoms with Gasteiger partial charge in [0, 0.05) is 25.2 Å². The van der Waals surface area contributed by atoms with Crippen molar-refractivity contribution in [2.24, 2.45) is 5.73 Å². The minimum absolute atomic E-state index is 0. The molecule has 4 heteroatoms. The second-order valence-electron chi connectivity index (χ2n) is 5.38. The summed E-state index contributed by atoms with van der Waals surface area (Å²) in [6.07, 6.45) is 0. The van der Waals surface area contributed by atoms with Gasteiger partial charge in [-0.1, -0.05) is 47.5 Å². The lowest BCUT2D eigenvalue weighted by Crippen LogP contribution is -2.35. The van der Waals surface area contributed by atoms with Crippen LogP contribution in [0.5, 0.6) is 0 Å². The largest absolute Gasteiger partial charge is 0.333 e. The van der Waals surface area contributed by atoms with E-state index in [1.165, 1.54) is 0 Å². The van der Waals surface area contributed by atoms with Crippen LogP contribution in [0.25, 0.3) is 0 Å². The van der Waals surface area contributed by atoms with Gasteiger partial charge in [-0.05, 0) is 31.5 Å². The van der Waals surface area contributed by atoms with Crippen molar-refractivity contribution in [1.29, 1.82) is 0 Å². The molecule has 0 aliphatic heterocycles. The zero-order valence-corrected chi connectivity index (χ0v) is 13.9. The third-order valence-electron chi connectivity index (χ3n) is 3.37. The number of amides is 1. The minimum Gasteiger partial charge on any atom is -0.333 e. The quantitative estimate of drug-likeness (QED) is 0.919. The maximum Gasteiger partial charge on any atom is 0.254 e. The summed E-state index contributed by atoms with van der Waals surface area (Å²) in [5.74, 6) is 0.0381. The molecule has 0 spiro atoms. The molecule has 2 rings (SSSR count). The third-order valence-corrected chi connectivity index (χ3v) is 3.37. The summed E-state index contributed by atoms with van der Waals surface area (Å²) < 4.78 is 0. The van der Waals surface area contributed by atoms with Crippen molar-refractivity contribution in [3.05, 3.63) is 70.8 Å². The number of rotatable bonds is 5. The van der Waals surface area contributed by atoms with E-state index in [2.05, 4.69) is 6.07 Å². The highest BCUT2D eigenvalue weighted by molar-refractivity contribution is 5.94. The Hall–Kier alpha value is -1.84. The van der Waals surface area contributed by atoms with Crippen LogP contribution in [0.15, 0.2) is 48.5 Å². The molecule has 1 amide bonds. The van der Waals surface area contributed by atoms with Crippen LogP contribution >= 0.6 is 12.4 Å². The van der Waals surface area contributed by atoms with Gasteiger partial charge in [-0.15, -0.1) is 12.4 Å². The molecule has 22 heavy (non-hydrogen) atoms. The number of benzene rings is 2. The van der Waals surface area contributed by atoms with Gasteiger partial charge in [-0.25, -0.2) is 0 Å². The normalized spacial score (nSPS) is 9.95. The predicted octanol–water partition coefficient (Wildman–Crippen LogP) is 3.33. The van der Waals surface area contributed by atoms with E-state index in [1.807, 2.05) is 61.2 Å². The molecule has 0 saturated heterocycles. The van der Waals surface area contributed by atoms with Gasteiger partial charge in [0.2, 0.25) is 0 Å². The monoisotopic (exact) mass is 318 g/mol. The van der Waals surface area contributed by atoms with Crippen molar-refractivity contribution < 1.29 is 4.79 Å². The van der Waals surface area contributed by atoms with E-state index in [0.717, 1.165) is 22.3 Å². The van der Waals surface area contributed by atoms with Crippen molar-refractivity contribution in [1.82, 2.24) is 4.90 Å². The Labute approximate surface area is 138 Å².